The number of amides is 1. The summed E-state index contributed by atoms with van der Waals surface area (Å²) >= 11 is 8.30. The Balaban J connectivity index is 2.58. The van der Waals surface area contributed by atoms with Crippen LogP contribution in [0.25, 0.3) is 0 Å². The van der Waals surface area contributed by atoms with E-state index >= 15 is 0 Å². The number of carbonyl (C=O) groups is 1. The first-order chi connectivity index (χ1) is 8.04. The highest BCUT2D eigenvalue weighted by Crippen LogP contribution is 2.17. The van der Waals surface area contributed by atoms with Gasteiger partial charge in [-0.2, -0.15) is 0 Å². The van der Waals surface area contributed by atoms with Crippen LogP contribution in [0.5, 0.6) is 0 Å². The molecule has 3 N–H and O–H groups in total. The zero-order valence-corrected chi connectivity index (χ0v) is 12.0. The lowest BCUT2D eigenvalue weighted by atomic mass is 10.1. The molecule has 0 spiro atoms. The Morgan fingerprint density at radius 3 is 2.71 bits per heavy atom. The van der Waals surface area contributed by atoms with Crippen LogP contribution in [-0.4, -0.2) is 17.6 Å². The molecule has 92 valence electrons. The van der Waals surface area contributed by atoms with Gasteiger partial charge in [-0.1, -0.05) is 22.0 Å². The van der Waals surface area contributed by atoms with Crippen LogP contribution in [-0.2, 0) is 0 Å². The van der Waals surface area contributed by atoms with Crippen LogP contribution in [0.2, 0.25) is 0 Å². The van der Waals surface area contributed by atoms with Gasteiger partial charge in [0.1, 0.15) is 0 Å². The summed E-state index contributed by atoms with van der Waals surface area (Å²) < 4.78 is 0.902. The predicted molar refractivity (Wildman–Crippen MR) is 75.8 cm³/mol. The summed E-state index contributed by atoms with van der Waals surface area (Å²) in [5, 5.41) is 3.26. The van der Waals surface area contributed by atoms with Crippen molar-refractivity contribution in [2.45, 2.75) is 13.8 Å². The number of carbonyl (C=O) groups excluding carboxylic acids is 1. The Morgan fingerprint density at radius 1 is 1.41 bits per heavy atom. The smallest absolute Gasteiger partial charge is 0.269 e. The molecule has 0 radical (unpaired) electrons. The average molecular weight is 316 g/mol. The average Bonchev–Trinajstić information content (AvgIpc) is 2.30. The fraction of sp³-hybridized carbons (Fsp3) is 0.273. The van der Waals surface area contributed by atoms with Gasteiger partial charge in [0, 0.05) is 16.6 Å². The van der Waals surface area contributed by atoms with Gasteiger partial charge < -0.3 is 5.32 Å². The second-order valence-corrected chi connectivity index (χ2v) is 4.67. The molecule has 1 amide bonds. The second-order valence-electron chi connectivity index (χ2n) is 3.40. The highest BCUT2D eigenvalue weighted by molar-refractivity contribution is 9.10. The van der Waals surface area contributed by atoms with Crippen LogP contribution in [0.15, 0.2) is 22.7 Å². The van der Waals surface area contributed by atoms with Crippen LogP contribution in [0, 0.1) is 6.92 Å². The van der Waals surface area contributed by atoms with Crippen LogP contribution in [0.4, 0.5) is 0 Å². The van der Waals surface area contributed by atoms with Crippen molar-refractivity contribution in [2.24, 2.45) is 0 Å². The summed E-state index contributed by atoms with van der Waals surface area (Å²) in [7, 11) is 0. The Hall–Kier alpha value is -1.14. The molecule has 0 heterocycles. The lowest BCUT2D eigenvalue weighted by Gasteiger charge is -2.10. The molecule has 17 heavy (non-hydrogen) atoms. The number of hydrogen-bond donors (Lipinski definition) is 3. The monoisotopic (exact) mass is 315 g/mol. The number of hydrazine groups is 1. The number of benzene rings is 1. The minimum absolute atomic E-state index is 0.231. The largest absolute Gasteiger partial charge is 0.362 e. The van der Waals surface area contributed by atoms with Gasteiger partial charge in [0.15, 0.2) is 5.11 Å². The van der Waals surface area contributed by atoms with Crippen molar-refractivity contribution in [2.75, 3.05) is 6.54 Å². The van der Waals surface area contributed by atoms with Gasteiger partial charge in [-0.15, -0.1) is 0 Å². The summed E-state index contributed by atoms with van der Waals surface area (Å²) in [6.45, 7) is 4.59. The first-order valence-electron chi connectivity index (χ1n) is 5.15. The van der Waals surface area contributed by atoms with Crippen molar-refractivity contribution in [3.8, 4) is 0 Å². The predicted octanol–water partition coefficient (Wildman–Crippen LogP) is 1.89. The van der Waals surface area contributed by atoms with Crippen molar-refractivity contribution in [1.29, 1.82) is 0 Å². The van der Waals surface area contributed by atoms with E-state index in [0.29, 0.717) is 17.2 Å². The quantitative estimate of drug-likeness (QED) is 0.576. The number of halogens is 1. The highest BCUT2D eigenvalue weighted by atomic mass is 79.9. The zero-order valence-electron chi connectivity index (χ0n) is 9.63. The molecule has 0 atom stereocenters. The number of rotatable bonds is 2. The Kier molecular flexibility index (Phi) is 5.37. The summed E-state index contributed by atoms with van der Waals surface area (Å²) in [6, 6.07) is 5.40. The van der Waals surface area contributed by atoms with Gasteiger partial charge in [-0.05, 0) is 43.8 Å². The highest BCUT2D eigenvalue weighted by Gasteiger charge is 2.06. The van der Waals surface area contributed by atoms with Crippen LogP contribution in [0.3, 0.4) is 0 Å². The third kappa shape index (κ3) is 4.32. The first kappa shape index (κ1) is 13.9. The molecule has 6 heteroatoms. The second kappa shape index (κ2) is 6.56. The molecule has 0 aromatic heterocycles. The van der Waals surface area contributed by atoms with Crippen molar-refractivity contribution < 1.29 is 4.79 Å². The minimum Gasteiger partial charge on any atom is -0.362 e. The van der Waals surface area contributed by atoms with Crippen LogP contribution < -0.4 is 16.2 Å². The van der Waals surface area contributed by atoms with E-state index in [2.05, 4.69) is 32.1 Å². The molecule has 0 aliphatic carbocycles. The van der Waals surface area contributed by atoms with E-state index in [0.717, 1.165) is 10.0 Å². The number of nitrogens with one attached hydrogen (secondary N) is 3. The fourth-order valence-corrected chi connectivity index (χ4v) is 1.70. The third-order valence-corrected chi connectivity index (χ3v) is 3.16. The molecule has 0 unspecified atom stereocenters. The van der Waals surface area contributed by atoms with E-state index in [-0.39, 0.29) is 5.91 Å². The van der Waals surface area contributed by atoms with Gasteiger partial charge in [0.05, 0.1) is 0 Å². The molecule has 4 nitrogen and oxygen atoms in total. The maximum absolute atomic E-state index is 11.7. The van der Waals surface area contributed by atoms with Gasteiger partial charge >= 0.3 is 0 Å². The maximum Gasteiger partial charge on any atom is 0.269 e. The van der Waals surface area contributed by atoms with E-state index in [1.807, 2.05) is 19.9 Å². The Morgan fingerprint density at radius 2 is 2.12 bits per heavy atom. The Labute approximate surface area is 114 Å². The molecule has 1 aromatic carbocycles. The molecule has 0 aliphatic heterocycles. The van der Waals surface area contributed by atoms with E-state index in [1.165, 1.54) is 0 Å². The van der Waals surface area contributed by atoms with E-state index in [1.54, 1.807) is 12.1 Å². The number of thiocarbonyl (C=S) groups is 1. The van der Waals surface area contributed by atoms with Gasteiger partial charge in [-0.3, -0.25) is 15.6 Å². The Bertz CT molecular complexity index is 437. The molecule has 0 fully saturated rings. The molecule has 0 saturated heterocycles. The van der Waals surface area contributed by atoms with E-state index in [4.69, 9.17) is 12.2 Å². The number of hydrogen-bond acceptors (Lipinski definition) is 2. The molecular weight excluding hydrogens is 302 g/mol. The topological polar surface area (TPSA) is 53.2 Å². The normalized spacial score (nSPS) is 9.59. The molecule has 1 aromatic rings. The van der Waals surface area contributed by atoms with Crippen LogP contribution >= 0.6 is 28.1 Å². The van der Waals surface area contributed by atoms with Crippen LogP contribution in [0.1, 0.15) is 22.8 Å². The summed E-state index contributed by atoms with van der Waals surface area (Å²) in [6.07, 6.45) is 0. The summed E-state index contributed by atoms with van der Waals surface area (Å²) in [5.74, 6) is -0.231. The van der Waals surface area contributed by atoms with Crippen molar-refractivity contribution in [3.63, 3.8) is 0 Å². The van der Waals surface area contributed by atoms with Crippen molar-refractivity contribution in [1.82, 2.24) is 16.2 Å². The standard InChI is InChI=1S/C11H14BrN3OS/c1-3-13-11(17)15-14-10(16)8-5-4-7(2)9(12)6-8/h4-6H,3H2,1-2H3,(H,14,16)(H2,13,15,17). The third-order valence-electron chi connectivity index (χ3n) is 2.06. The fourth-order valence-electron chi connectivity index (χ4n) is 1.12. The van der Waals surface area contributed by atoms with Gasteiger partial charge in [0.2, 0.25) is 0 Å². The summed E-state index contributed by atoms with van der Waals surface area (Å²) in [4.78, 5) is 11.7. The van der Waals surface area contributed by atoms with E-state index in [9.17, 15) is 4.79 Å². The lowest BCUT2D eigenvalue weighted by Crippen LogP contribution is -2.46. The lowest BCUT2D eigenvalue weighted by molar-refractivity contribution is 0.0943. The van der Waals surface area contributed by atoms with E-state index < -0.39 is 0 Å². The molecule has 1 rings (SSSR count). The van der Waals surface area contributed by atoms with Gasteiger partial charge in [0.25, 0.3) is 5.91 Å². The molecule has 0 saturated carbocycles. The van der Waals surface area contributed by atoms with Gasteiger partial charge in [-0.25, -0.2) is 0 Å². The molecule has 0 aliphatic rings. The first-order valence-corrected chi connectivity index (χ1v) is 6.35. The van der Waals surface area contributed by atoms with Crippen molar-refractivity contribution in [3.05, 3.63) is 33.8 Å². The van der Waals surface area contributed by atoms with Crippen molar-refractivity contribution >= 4 is 39.2 Å². The SMILES string of the molecule is CCNC(=S)NNC(=O)c1ccc(C)c(Br)c1. The zero-order chi connectivity index (χ0) is 12.8. The minimum atomic E-state index is -0.231. The number of aryl methyl sites for hydroxylation is 1. The molecule has 0 bridgehead atoms. The maximum atomic E-state index is 11.7. The summed E-state index contributed by atoms with van der Waals surface area (Å²) in [5.41, 5.74) is 6.78. The molecular formula is C11H14BrN3OS.